The van der Waals surface area contributed by atoms with Gasteiger partial charge in [0.1, 0.15) is 0 Å². The molecule has 0 saturated carbocycles. The Morgan fingerprint density at radius 1 is 1.05 bits per heavy atom. The van der Waals surface area contributed by atoms with Crippen LogP contribution in [-0.4, -0.2) is 45.9 Å². The van der Waals surface area contributed by atoms with Gasteiger partial charge in [0.05, 0.1) is 27.4 Å². The lowest BCUT2D eigenvalue weighted by Gasteiger charge is -2.32. The number of nitrogens with two attached hydrogens (primary N) is 1. The minimum atomic E-state index is 0.0600. The van der Waals surface area contributed by atoms with Crippen LogP contribution in [0.5, 0.6) is 17.2 Å². The predicted octanol–water partition coefficient (Wildman–Crippen LogP) is 2.05. The zero-order chi connectivity index (χ0) is 15.3. The Hall–Kier alpha value is -1.46. The molecule has 0 fully saturated rings. The van der Waals surface area contributed by atoms with E-state index in [1.54, 1.807) is 21.3 Å². The standard InChI is InChI=1S/C15H26N2O3/c1-10(2)17(3)12(9-16)11-7-8-13(18-4)15(20-6)14(11)19-5/h7-8,10,12H,9,16H2,1-6H3. The van der Waals surface area contributed by atoms with Crippen molar-refractivity contribution in [1.82, 2.24) is 4.90 Å². The van der Waals surface area contributed by atoms with Gasteiger partial charge in [0, 0.05) is 18.2 Å². The molecule has 5 heteroatoms. The summed E-state index contributed by atoms with van der Waals surface area (Å²) in [6, 6.07) is 4.30. The van der Waals surface area contributed by atoms with Crippen LogP contribution in [-0.2, 0) is 0 Å². The lowest BCUT2D eigenvalue weighted by Crippen LogP contribution is -2.35. The summed E-state index contributed by atoms with van der Waals surface area (Å²) in [5.41, 5.74) is 6.96. The van der Waals surface area contributed by atoms with E-state index in [9.17, 15) is 0 Å². The predicted molar refractivity (Wildman–Crippen MR) is 80.8 cm³/mol. The van der Waals surface area contributed by atoms with Crippen molar-refractivity contribution >= 4 is 0 Å². The van der Waals surface area contributed by atoms with E-state index in [0.29, 0.717) is 29.8 Å². The number of likely N-dealkylation sites (N-methyl/N-ethyl adjacent to an activating group) is 1. The Kier molecular flexibility index (Phi) is 6.10. The van der Waals surface area contributed by atoms with Crippen LogP contribution in [0.2, 0.25) is 0 Å². The third-order valence-electron chi connectivity index (χ3n) is 3.62. The molecule has 1 aromatic rings. The van der Waals surface area contributed by atoms with Gasteiger partial charge in [-0.25, -0.2) is 0 Å². The molecule has 0 aliphatic carbocycles. The molecular formula is C15H26N2O3. The molecule has 5 nitrogen and oxygen atoms in total. The van der Waals surface area contributed by atoms with Gasteiger partial charge in [-0.3, -0.25) is 4.90 Å². The average Bonchev–Trinajstić information content (AvgIpc) is 2.46. The van der Waals surface area contributed by atoms with E-state index in [1.807, 2.05) is 12.1 Å². The Morgan fingerprint density at radius 3 is 2.05 bits per heavy atom. The topological polar surface area (TPSA) is 57.0 Å². The number of benzene rings is 1. The number of rotatable bonds is 7. The Labute approximate surface area is 121 Å². The van der Waals surface area contributed by atoms with Crippen molar-refractivity contribution in [3.63, 3.8) is 0 Å². The fourth-order valence-corrected chi connectivity index (χ4v) is 2.26. The van der Waals surface area contributed by atoms with Gasteiger partial charge in [-0.1, -0.05) is 0 Å². The normalized spacial score (nSPS) is 12.7. The summed E-state index contributed by atoms with van der Waals surface area (Å²) in [4.78, 5) is 2.21. The van der Waals surface area contributed by atoms with Crippen LogP contribution >= 0.6 is 0 Å². The molecule has 0 bridgehead atoms. The van der Waals surface area contributed by atoms with E-state index in [0.717, 1.165) is 5.56 Å². The molecule has 0 spiro atoms. The first-order valence-corrected chi connectivity index (χ1v) is 6.72. The second kappa shape index (κ2) is 7.36. The highest BCUT2D eigenvalue weighted by Gasteiger charge is 2.25. The number of nitrogens with zero attached hydrogens (tertiary/aromatic N) is 1. The average molecular weight is 282 g/mol. The van der Waals surface area contributed by atoms with Crippen molar-refractivity contribution in [3.8, 4) is 17.2 Å². The van der Waals surface area contributed by atoms with Gasteiger partial charge in [-0.15, -0.1) is 0 Å². The molecule has 114 valence electrons. The summed E-state index contributed by atoms with van der Waals surface area (Å²) in [7, 11) is 6.90. The van der Waals surface area contributed by atoms with E-state index in [1.165, 1.54) is 0 Å². The smallest absolute Gasteiger partial charge is 0.203 e. The summed E-state index contributed by atoms with van der Waals surface area (Å²) in [5, 5.41) is 0. The number of hydrogen-bond acceptors (Lipinski definition) is 5. The second-order valence-corrected chi connectivity index (χ2v) is 4.93. The first kappa shape index (κ1) is 16.6. The van der Waals surface area contributed by atoms with Gasteiger partial charge < -0.3 is 19.9 Å². The van der Waals surface area contributed by atoms with Gasteiger partial charge >= 0.3 is 0 Å². The highest BCUT2D eigenvalue weighted by atomic mass is 16.5. The number of hydrogen-bond donors (Lipinski definition) is 1. The maximum atomic E-state index is 5.96. The molecule has 0 saturated heterocycles. The molecule has 1 atom stereocenters. The highest BCUT2D eigenvalue weighted by Crippen LogP contribution is 2.43. The first-order valence-electron chi connectivity index (χ1n) is 6.72. The zero-order valence-electron chi connectivity index (χ0n) is 13.3. The van der Waals surface area contributed by atoms with E-state index in [-0.39, 0.29) is 6.04 Å². The van der Waals surface area contributed by atoms with Gasteiger partial charge in [0.25, 0.3) is 0 Å². The molecular weight excluding hydrogens is 256 g/mol. The molecule has 0 aromatic heterocycles. The fourth-order valence-electron chi connectivity index (χ4n) is 2.26. The molecule has 1 rings (SSSR count). The van der Waals surface area contributed by atoms with Crippen molar-refractivity contribution in [2.24, 2.45) is 5.73 Å². The van der Waals surface area contributed by atoms with Gasteiger partial charge in [0.15, 0.2) is 11.5 Å². The van der Waals surface area contributed by atoms with Crippen molar-refractivity contribution in [2.75, 3.05) is 34.9 Å². The third-order valence-corrected chi connectivity index (χ3v) is 3.62. The summed E-state index contributed by atoms with van der Waals surface area (Å²) < 4.78 is 16.3. The van der Waals surface area contributed by atoms with Crippen LogP contribution in [0.3, 0.4) is 0 Å². The Balaban J connectivity index is 3.35. The fraction of sp³-hybridized carbons (Fsp3) is 0.600. The lowest BCUT2D eigenvalue weighted by molar-refractivity contribution is 0.196. The SMILES string of the molecule is COc1ccc(C(CN)N(C)C(C)C)c(OC)c1OC. The Bertz CT molecular complexity index is 435. The molecule has 1 aromatic carbocycles. The van der Waals surface area contributed by atoms with Crippen LogP contribution in [0.4, 0.5) is 0 Å². The third kappa shape index (κ3) is 3.16. The minimum Gasteiger partial charge on any atom is -0.493 e. The lowest BCUT2D eigenvalue weighted by atomic mass is 10.0. The van der Waals surface area contributed by atoms with Crippen LogP contribution in [0.25, 0.3) is 0 Å². The quantitative estimate of drug-likeness (QED) is 0.829. The maximum Gasteiger partial charge on any atom is 0.203 e. The van der Waals surface area contributed by atoms with E-state index < -0.39 is 0 Å². The molecule has 20 heavy (non-hydrogen) atoms. The highest BCUT2D eigenvalue weighted by molar-refractivity contribution is 5.56. The molecule has 0 amide bonds. The minimum absolute atomic E-state index is 0.0600. The first-order chi connectivity index (χ1) is 9.51. The van der Waals surface area contributed by atoms with Crippen molar-refractivity contribution in [2.45, 2.75) is 25.9 Å². The van der Waals surface area contributed by atoms with Gasteiger partial charge in [0.2, 0.25) is 5.75 Å². The summed E-state index contributed by atoms with van der Waals surface area (Å²) in [6.07, 6.45) is 0. The molecule has 0 radical (unpaired) electrons. The largest absolute Gasteiger partial charge is 0.493 e. The zero-order valence-corrected chi connectivity index (χ0v) is 13.3. The number of ether oxygens (including phenoxy) is 3. The van der Waals surface area contributed by atoms with Crippen LogP contribution < -0.4 is 19.9 Å². The van der Waals surface area contributed by atoms with Crippen molar-refractivity contribution in [3.05, 3.63) is 17.7 Å². The molecule has 0 aliphatic rings. The second-order valence-electron chi connectivity index (χ2n) is 4.93. The van der Waals surface area contributed by atoms with Crippen LogP contribution in [0.1, 0.15) is 25.5 Å². The maximum absolute atomic E-state index is 5.96. The Morgan fingerprint density at radius 2 is 1.65 bits per heavy atom. The van der Waals surface area contributed by atoms with Gasteiger partial charge in [-0.05, 0) is 33.0 Å². The van der Waals surface area contributed by atoms with E-state index >= 15 is 0 Å². The molecule has 0 aliphatic heterocycles. The number of methoxy groups -OCH3 is 3. The van der Waals surface area contributed by atoms with E-state index in [4.69, 9.17) is 19.9 Å². The molecule has 0 heterocycles. The van der Waals surface area contributed by atoms with Crippen LogP contribution in [0.15, 0.2) is 12.1 Å². The van der Waals surface area contributed by atoms with Crippen molar-refractivity contribution < 1.29 is 14.2 Å². The summed E-state index contributed by atoms with van der Waals surface area (Å²) >= 11 is 0. The van der Waals surface area contributed by atoms with Gasteiger partial charge in [-0.2, -0.15) is 0 Å². The van der Waals surface area contributed by atoms with Crippen molar-refractivity contribution in [1.29, 1.82) is 0 Å². The monoisotopic (exact) mass is 282 g/mol. The molecule has 1 unspecified atom stereocenters. The molecule has 2 N–H and O–H groups in total. The summed E-state index contributed by atoms with van der Waals surface area (Å²) in [6.45, 7) is 4.77. The van der Waals surface area contributed by atoms with E-state index in [2.05, 4.69) is 25.8 Å². The van der Waals surface area contributed by atoms with Crippen LogP contribution in [0, 0.1) is 0 Å². The summed E-state index contributed by atoms with van der Waals surface area (Å²) in [5.74, 6) is 1.92.